The van der Waals surface area contributed by atoms with Crippen LogP contribution in [0, 0.1) is 6.92 Å². The van der Waals surface area contributed by atoms with Crippen molar-refractivity contribution in [3.05, 3.63) is 78.3 Å². The fourth-order valence-corrected chi connectivity index (χ4v) is 4.78. The number of hydrogen-bond acceptors (Lipinski definition) is 7. The van der Waals surface area contributed by atoms with E-state index in [1.165, 1.54) is 22.2 Å². The molecule has 9 heteroatoms. The van der Waals surface area contributed by atoms with Crippen LogP contribution in [0.1, 0.15) is 11.3 Å². The molecule has 2 heterocycles. The van der Waals surface area contributed by atoms with Crippen molar-refractivity contribution >= 4 is 29.4 Å². The average molecular weight is 495 g/mol. The van der Waals surface area contributed by atoms with E-state index in [2.05, 4.69) is 46.7 Å². The highest BCUT2D eigenvalue weighted by Gasteiger charge is 2.17. The first-order valence-corrected chi connectivity index (χ1v) is 12.8. The van der Waals surface area contributed by atoms with Crippen molar-refractivity contribution in [2.45, 2.75) is 23.5 Å². The number of aromatic nitrogens is 3. The molecule has 0 saturated carbocycles. The maximum Gasteiger partial charge on any atom is 0.230 e. The van der Waals surface area contributed by atoms with E-state index in [1.54, 1.807) is 25.1 Å². The smallest absolute Gasteiger partial charge is 0.230 e. The highest BCUT2D eigenvalue weighted by molar-refractivity contribution is 7.99. The molecule has 1 N–H and O–H groups in total. The summed E-state index contributed by atoms with van der Waals surface area (Å²) in [7, 11) is 1.63. The predicted octanol–water partition coefficient (Wildman–Crippen LogP) is 4.90. The van der Waals surface area contributed by atoms with Gasteiger partial charge in [0.25, 0.3) is 0 Å². The zero-order valence-electron chi connectivity index (χ0n) is 19.1. The molecule has 2 aromatic heterocycles. The Bertz CT molecular complexity index is 1210. The molecule has 0 aliphatic heterocycles. The van der Waals surface area contributed by atoms with Crippen molar-refractivity contribution in [2.24, 2.45) is 0 Å². The van der Waals surface area contributed by atoms with E-state index in [4.69, 9.17) is 9.15 Å². The lowest BCUT2D eigenvalue weighted by Crippen LogP contribution is -2.27. The Hall–Kier alpha value is -3.17. The number of carbonyl (C=O) groups is 1. The molecule has 0 radical (unpaired) electrons. The summed E-state index contributed by atoms with van der Waals surface area (Å²) in [5.74, 6) is 3.24. The van der Waals surface area contributed by atoms with Crippen LogP contribution in [-0.2, 0) is 11.3 Å². The first kappa shape index (κ1) is 24.0. The third kappa shape index (κ3) is 6.45. The second kappa shape index (κ2) is 11.8. The van der Waals surface area contributed by atoms with Gasteiger partial charge in [0, 0.05) is 22.8 Å². The summed E-state index contributed by atoms with van der Waals surface area (Å²) in [6, 6.07) is 19.8. The van der Waals surface area contributed by atoms with Gasteiger partial charge in [-0.15, -0.1) is 22.0 Å². The normalized spacial score (nSPS) is 10.9. The molecule has 0 aliphatic carbocycles. The van der Waals surface area contributed by atoms with E-state index in [-0.39, 0.29) is 11.7 Å². The molecule has 0 fully saturated rings. The van der Waals surface area contributed by atoms with Crippen LogP contribution >= 0.6 is 23.5 Å². The number of benzene rings is 2. The average Bonchev–Trinajstić information content (AvgIpc) is 3.52. The van der Waals surface area contributed by atoms with Gasteiger partial charge in [0.15, 0.2) is 11.0 Å². The highest BCUT2D eigenvalue weighted by Crippen LogP contribution is 2.27. The van der Waals surface area contributed by atoms with E-state index in [0.29, 0.717) is 24.1 Å². The molecule has 34 heavy (non-hydrogen) atoms. The second-order valence-corrected chi connectivity index (χ2v) is 9.61. The number of furan rings is 1. The third-order valence-electron chi connectivity index (χ3n) is 4.99. The highest BCUT2D eigenvalue weighted by atomic mass is 32.2. The van der Waals surface area contributed by atoms with E-state index in [0.717, 1.165) is 22.8 Å². The summed E-state index contributed by atoms with van der Waals surface area (Å²) in [6.45, 7) is 3.14. The van der Waals surface area contributed by atoms with E-state index in [1.807, 2.05) is 41.0 Å². The number of nitrogens with zero attached hydrogens (tertiary/aromatic N) is 3. The quantitative estimate of drug-likeness (QED) is 0.234. The van der Waals surface area contributed by atoms with Crippen LogP contribution in [0.25, 0.3) is 11.4 Å². The third-order valence-corrected chi connectivity index (χ3v) is 6.97. The lowest BCUT2D eigenvalue weighted by atomic mass is 10.2. The first-order chi connectivity index (χ1) is 16.6. The van der Waals surface area contributed by atoms with Crippen LogP contribution in [0.5, 0.6) is 5.75 Å². The second-order valence-electron chi connectivity index (χ2n) is 7.50. The van der Waals surface area contributed by atoms with Crippen molar-refractivity contribution in [2.75, 3.05) is 25.2 Å². The van der Waals surface area contributed by atoms with Gasteiger partial charge in [-0.2, -0.15) is 0 Å². The van der Waals surface area contributed by atoms with Gasteiger partial charge in [-0.3, -0.25) is 9.36 Å². The maximum absolute atomic E-state index is 12.4. The molecule has 0 unspecified atom stereocenters. The number of methoxy groups -OCH3 is 1. The van der Waals surface area contributed by atoms with E-state index in [9.17, 15) is 4.79 Å². The molecule has 0 bridgehead atoms. The lowest BCUT2D eigenvalue weighted by Gasteiger charge is -2.10. The van der Waals surface area contributed by atoms with Gasteiger partial charge in [0.2, 0.25) is 5.91 Å². The topological polar surface area (TPSA) is 82.2 Å². The zero-order chi connectivity index (χ0) is 23.8. The Morgan fingerprint density at radius 1 is 1.09 bits per heavy atom. The Morgan fingerprint density at radius 2 is 1.94 bits per heavy atom. The molecule has 7 nitrogen and oxygen atoms in total. The molecule has 0 aliphatic rings. The van der Waals surface area contributed by atoms with Crippen molar-refractivity contribution in [1.82, 2.24) is 20.1 Å². The lowest BCUT2D eigenvalue weighted by molar-refractivity contribution is -0.118. The minimum absolute atomic E-state index is 0.0371. The number of thioether (sulfide) groups is 2. The van der Waals surface area contributed by atoms with Crippen LogP contribution in [-0.4, -0.2) is 45.8 Å². The van der Waals surface area contributed by atoms with Crippen LogP contribution in [0.2, 0.25) is 0 Å². The fourth-order valence-electron chi connectivity index (χ4n) is 3.25. The molecule has 176 valence electrons. The van der Waals surface area contributed by atoms with Crippen LogP contribution in [0.4, 0.5) is 0 Å². The Labute approximate surface area is 207 Å². The Kier molecular flexibility index (Phi) is 8.32. The van der Waals surface area contributed by atoms with Gasteiger partial charge in [0.1, 0.15) is 11.5 Å². The van der Waals surface area contributed by atoms with Gasteiger partial charge in [-0.1, -0.05) is 41.6 Å². The maximum atomic E-state index is 12.4. The standard InChI is InChI=1S/C25H26N4O3S2/c1-18-8-10-22(11-9-18)33-14-12-26-23(30)17-34-25-28-27-24(19-5-3-6-20(15-19)31-2)29(25)16-21-7-4-13-32-21/h3-11,13,15H,12,14,16-17H2,1-2H3,(H,26,30). The van der Waals surface area contributed by atoms with Gasteiger partial charge >= 0.3 is 0 Å². The molecule has 0 saturated heterocycles. The van der Waals surface area contributed by atoms with Gasteiger partial charge in [0.05, 0.1) is 25.7 Å². The summed E-state index contributed by atoms with van der Waals surface area (Å²) < 4.78 is 12.8. The summed E-state index contributed by atoms with van der Waals surface area (Å²) >= 11 is 3.08. The molecular weight excluding hydrogens is 468 g/mol. The predicted molar refractivity (Wildman–Crippen MR) is 135 cm³/mol. The molecule has 0 atom stereocenters. The summed E-state index contributed by atoms with van der Waals surface area (Å²) in [6.07, 6.45) is 1.64. The molecule has 1 amide bonds. The van der Waals surface area contributed by atoms with Crippen LogP contribution in [0.3, 0.4) is 0 Å². The van der Waals surface area contributed by atoms with Gasteiger partial charge in [-0.05, 0) is 43.3 Å². The summed E-state index contributed by atoms with van der Waals surface area (Å²) in [4.78, 5) is 13.6. The van der Waals surface area contributed by atoms with E-state index >= 15 is 0 Å². The minimum atomic E-state index is -0.0371. The van der Waals surface area contributed by atoms with Crippen molar-refractivity contribution in [3.8, 4) is 17.1 Å². The number of rotatable bonds is 11. The molecule has 4 aromatic rings. The van der Waals surface area contributed by atoms with Crippen molar-refractivity contribution < 1.29 is 13.9 Å². The molecule has 4 rings (SSSR count). The minimum Gasteiger partial charge on any atom is -0.497 e. The number of nitrogens with one attached hydrogen (secondary N) is 1. The van der Waals surface area contributed by atoms with Crippen molar-refractivity contribution in [1.29, 1.82) is 0 Å². The number of hydrogen-bond donors (Lipinski definition) is 1. The Balaban J connectivity index is 1.37. The molecule has 0 spiro atoms. The van der Waals surface area contributed by atoms with E-state index < -0.39 is 0 Å². The fraction of sp³-hybridized carbons (Fsp3) is 0.240. The number of carbonyl (C=O) groups excluding carboxylic acids is 1. The van der Waals surface area contributed by atoms with Crippen molar-refractivity contribution in [3.63, 3.8) is 0 Å². The first-order valence-electron chi connectivity index (χ1n) is 10.8. The summed E-state index contributed by atoms with van der Waals surface area (Å²) in [5.41, 5.74) is 2.12. The Morgan fingerprint density at radius 3 is 2.71 bits per heavy atom. The van der Waals surface area contributed by atoms with Crippen LogP contribution in [0.15, 0.2) is 81.4 Å². The number of ether oxygens (including phenoxy) is 1. The largest absolute Gasteiger partial charge is 0.497 e. The zero-order valence-corrected chi connectivity index (χ0v) is 20.7. The number of amides is 1. The monoisotopic (exact) mass is 494 g/mol. The summed E-state index contributed by atoms with van der Waals surface area (Å²) in [5, 5.41) is 12.4. The number of aryl methyl sites for hydroxylation is 1. The SMILES string of the molecule is COc1cccc(-c2nnc(SCC(=O)NCCSc3ccc(C)cc3)n2Cc2ccco2)c1. The molecular formula is C25H26N4O3S2. The van der Waals surface area contributed by atoms with Gasteiger partial charge < -0.3 is 14.5 Å². The van der Waals surface area contributed by atoms with Gasteiger partial charge in [-0.25, -0.2) is 0 Å². The molecule has 2 aromatic carbocycles. The van der Waals surface area contributed by atoms with Crippen LogP contribution < -0.4 is 10.1 Å².